The van der Waals surface area contributed by atoms with Gasteiger partial charge >= 0.3 is 0 Å². The molecule has 0 saturated carbocycles. The molecule has 0 radical (unpaired) electrons. The number of ether oxygens (including phenoxy) is 1. The van der Waals surface area contributed by atoms with Gasteiger partial charge in [-0.15, -0.1) is 0 Å². The van der Waals surface area contributed by atoms with E-state index in [1.54, 1.807) is 12.1 Å². The summed E-state index contributed by atoms with van der Waals surface area (Å²) >= 11 is 0. The third-order valence-corrected chi connectivity index (χ3v) is 5.86. The van der Waals surface area contributed by atoms with Gasteiger partial charge in [-0.25, -0.2) is 4.98 Å². The van der Waals surface area contributed by atoms with Gasteiger partial charge in [0, 0.05) is 25.4 Å². The van der Waals surface area contributed by atoms with Crippen LogP contribution < -0.4 is 10.5 Å². The van der Waals surface area contributed by atoms with Gasteiger partial charge in [0.15, 0.2) is 0 Å². The molecule has 31 heavy (non-hydrogen) atoms. The number of rotatable bonds is 8. The van der Waals surface area contributed by atoms with Crippen LogP contribution in [0.3, 0.4) is 0 Å². The van der Waals surface area contributed by atoms with Crippen molar-refractivity contribution < 1.29 is 9.53 Å². The predicted molar refractivity (Wildman–Crippen MR) is 122 cm³/mol. The van der Waals surface area contributed by atoms with Crippen molar-refractivity contribution in [3.05, 3.63) is 89.6 Å². The average Bonchev–Trinajstić information content (AvgIpc) is 2.80. The topological polar surface area (TPSA) is 68.5 Å². The van der Waals surface area contributed by atoms with E-state index in [0.717, 1.165) is 24.8 Å². The highest BCUT2D eigenvalue weighted by Gasteiger charge is 2.19. The van der Waals surface area contributed by atoms with Crippen molar-refractivity contribution in [2.24, 2.45) is 11.7 Å². The summed E-state index contributed by atoms with van der Waals surface area (Å²) in [5.74, 6) is 1.44. The van der Waals surface area contributed by atoms with Gasteiger partial charge in [0.25, 0.3) is 0 Å². The second-order valence-corrected chi connectivity index (χ2v) is 8.26. The molecule has 1 aliphatic heterocycles. The van der Waals surface area contributed by atoms with E-state index < -0.39 is 5.91 Å². The molecule has 1 atom stereocenters. The van der Waals surface area contributed by atoms with Crippen LogP contribution in [0.2, 0.25) is 0 Å². The summed E-state index contributed by atoms with van der Waals surface area (Å²) in [5.41, 5.74) is 8.33. The van der Waals surface area contributed by atoms with Crippen LogP contribution in [-0.2, 0) is 13.0 Å². The summed E-state index contributed by atoms with van der Waals surface area (Å²) in [6, 6.07) is 22.2. The zero-order valence-corrected chi connectivity index (χ0v) is 17.7. The van der Waals surface area contributed by atoms with Gasteiger partial charge in [-0.1, -0.05) is 42.5 Å². The summed E-state index contributed by atoms with van der Waals surface area (Å²) in [5, 5.41) is 0. The minimum absolute atomic E-state index is 0.367. The van der Waals surface area contributed by atoms with Gasteiger partial charge in [0.1, 0.15) is 5.75 Å². The largest absolute Gasteiger partial charge is 0.439 e. The fraction of sp³-hybridized carbons (Fsp3) is 0.308. The number of piperidine rings is 1. The Bertz CT molecular complexity index is 972. The number of carbonyl (C=O) groups excluding carboxylic acids is 1. The maximum Gasteiger partial charge on any atom is 0.250 e. The van der Waals surface area contributed by atoms with Gasteiger partial charge in [-0.2, -0.15) is 0 Å². The van der Waals surface area contributed by atoms with Gasteiger partial charge in [0.05, 0.1) is 5.56 Å². The summed E-state index contributed by atoms with van der Waals surface area (Å²) in [6.45, 7) is 3.30. The number of hydrogen-bond acceptors (Lipinski definition) is 4. The summed E-state index contributed by atoms with van der Waals surface area (Å²) < 4.78 is 5.77. The molecule has 4 rings (SSSR count). The second-order valence-electron chi connectivity index (χ2n) is 8.26. The van der Waals surface area contributed by atoms with Crippen molar-refractivity contribution in [3.63, 3.8) is 0 Å². The molecule has 1 amide bonds. The Morgan fingerprint density at radius 2 is 1.84 bits per heavy atom. The van der Waals surface area contributed by atoms with Crippen LogP contribution in [0.25, 0.3) is 0 Å². The van der Waals surface area contributed by atoms with Gasteiger partial charge in [0.2, 0.25) is 11.8 Å². The third-order valence-electron chi connectivity index (χ3n) is 5.86. The molecule has 0 spiro atoms. The SMILES string of the molecule is NC(=O)c1ccc(Oc2ccc(CN3CCCC(CCc4ccccc4)C3)cc2)nc1. The molecular weight excluding hydrogens is 386 g/mol. The quantitative estimate of drug-likeness (QED) is 0.573. The highest BCUT2D eigenvalue weighted by molar-refractivity contribution is 5.92. The van der Waals surface area contributed by atoms with Crippen LogP contribution in [-0.4, -0.2) is 28.9 Å². The first kappa shape index (κ1) is 21.1. The minimum Gasteiger partial charge on any atom is -0.439 e. The lowest BCUT2D eigenvalue weighted by Gasteiger charge is -2.33. The van der Waals surface area contributed by atoms with E-state index in [1.807, 2.05) is 12.1 Å². The van der Waals surface area contributed by atoms with Crippen molar-refractivity contribution in [2.75, 3.05) is 13.1 Å². The van der Waals surface area contributed by atoms with Crippen LogP contribution in [0.15, 0.2) is 72.9 Å². The van der Waals surface area contributed by atoms with Crippen molar-refractivity contribution in [3.8, 4) is 11.6 Å². The number of nitrogens with zero attached hydrogens (tertiary/aromatic N) is 2. The molecular formula is C26H29N3O2. The van der Waals surface area contributed by atoms with E-state index in [-0.39, 0.29) is 0 Å². The molecule has 2 heterocycles. The molecule has 1 aromatic heterocycles. The fourth-order valence-electron chi connectivity index (χ4n) is 4.17. The Kier molecular flexibility index (Phi) is 6.95. The number of hydrogen-bond donors (Lipinski definition) is 1. The smallest absolute Gasteiger partial charge is 0.250 e. The van der Waals surface area contributed by atoms with Crippen molar-refractivity contribution >= 4 is 5.91 Å². The molecule has 0 aliphatic carbocycles. The lowest BCUT2D eigenvalue weighted by atomic mass is 9.91. The van der Waals surface area contributed by atoms with E-state index in [4.69, 9.17) is 10.5 Å². The first-order valence-corrected chi connectivity index (χ1v) is 10.9. The molecule has 1 fully saturated rings. The highest BCUT2D eigenvalue weighted by atomic mass is 16.5. The molecule has 3 aromatic rings. The Morgan fingerprint density at radius 3 is 2.55 bits per heavy atom. The molecule has 1 saturated heterocycles. The highest BCUT2D eigenvalue weighted by Crippen LogP contribution is 2.24. The molecule has 2 N–H and O–H groups in total. The third kappa shape index (κ3) is 6.15. The van der Waals surface area contributed by atoms with Crippen LogP contribution in [0.4, 0.5) is 0 Å². The first-order valence-electron chi connectivity index (χ1n) is 10.9. The minimum atomic E-state index is -0.497. The standard InChI is InChI=1S/C26H29N3O2/c27-26(30)23-12-15-25(28-17-23)31-24-13-10-22(11-14-24)19-29-16-4-7-21(18-29)9-8-20-5-2-1-3-6-20/h1-3,5-6,10-15,17,21H,4,7-9,16,18-19H2,(H2,27,30). The van der Waals surface area contributed by atoms with E-state index in [2.05, 4.69) is 52.3 Å². The number of likely N-dealkylation sites (tertiary alicyclic amines) is 1. The Hall–Kier alpha value is -3.18. The molecule has 0 bridgehead atoms. The Labute approximate surface area is 183 Å². The number of pyridine rings is 1. The average molecular weight is 416 g/mol. The number of aryl methyl sites for hydroxylation is 1. The second kappa shape index (κ2) is 10.2. The van der Waals surface area contributed by atoms with Gasteiger partial charge in [-0.05, 0) is 67.5 Å². The Morgan fingerprint density at radius 1 is 1.03 bits per heavy atom. The van der Waals surface area contributed by atoms with Gasteiger partial charge in [-0.3, -0.25) is 9.69 Å². The van der Waals surface area contributed by atoms with Crippen molar-refractivity contribution in [1.82, 2.24) is 9.88 Å². The number of nitrogens with two attached hydrogens (primary N) is 1. The van der Waals surface area contributed by atoms with Crippen LogP contribution in [0, 0.1) is 5.92 Å². The van der Waals surface area contributed by atoms with E-state index >= 15 is 0 Å². The number of primary amides is 1. The zero-order valence-electron chi connectivity index (χ0n) is 17.7. The molecule has 5 nitrogen and oxygen atoms in total. The van der Waals surface area contributed by atoms with E-state index in [1.165, 1.54) is 49.6 Å². The lowest BCUT2D eigenvalue weighted by molar-refractivity contribution is 0.1000. The maximum absolute atomic E-state index is 11.1. The molecule has 160 valence electrons. The number of amides is 1. The summed E-state index contributed by atoms with van der Waals surface area (Å²) in [7, 11) is 0. The molecule has 5 heteroatoms. The zero-order chi connectivity index (χ0) is 21.5. The predicted octanol–water partition coefficient (Wildman–Crippen LogP) is 4.82. The maximum atomic E-state index is 11.1. The van der Waals surface area contributed by atoms with Gasteiger partial charge < -0.3 is 10.5 Å². The van der Waals surface area contributed by atoms with E-state index in [9.17, 15) is 4.79 Å². The fourth-order valence-corrected chi connectivity index (χ4v) is 4.17. The number of benzene rings is 2. The summed E-state index contributed by atoms with van der Waals surface area (Å²) in [6.07, 6.45) is 6.45. The lowest BCUT2D eigenvalue weighted by Crippen LogP contribution is -2.35. The molecule has 1 aliphatic rings. The number of aromatic nitrogens is 1. The van der Waals surface area contributed by atoms with E-state index in [0.29, 0.717) is 11.4 Å². The van der Waals surface area contributed by atoms with Crippen molar-refractivity contribution in [1.29, 1.82) is 0 Å². The summed E-state index contributed by atoms with van der Waals surface area (Å²) in [4.78, 5) is 17.8. The first-order chi connectivity index (χ1) is 15.2. The molecule has 2 aromatic carbocycles. The molecule has 1 unspecified atom stereocenters. The van der Waals surface area contributed by atoms with Crippen LogP contribution in [0.5, 0.6) is 11.6 Å². The van der Waals surface area contributed by atoms with Crippen LogP contribution in [0.1, 0.15) is 40.7 Å². The monoisotopic (exact) mass is 415 g/mol. The Balaban J connectivity index is 1.27. The number of carbonyl (C=O) groups is 1. The van der Waals surface area contributed by atoms with Crippen LogP contribution >= 0.6 is 0 Å². The van der Waals surface area contributed by atoms with Crippen molar-refractivity contribution in [2.45, 2.75) is 32.2 Å². The normalized spacial score (nSPS) is 16.7.